The number of aryl methyl sites for hydroxylation is 1. The number of esters is 1. The van der Waals surface area contributed by atoms with Crippen LogP contribution >= 0.6 is 11.6 Å². The quantitative estimate of drug-likeness (QED) is 0.827. The number of hydrogen-bond acceptors (Lipinski definition) is 3. The maximum absolute atomic E-state index is 11.5. The second-order valence-electron chi connectivity index (χ2n) is 4.20. The van der Waals surface area contributed by atoms with Crippen molar-refractivity contribution in [3.63, 3.8) is 0 Å². The van der Waals surface area contributed by atoms with Gasteiger partial charge in [0.2, 0.25) is 0 Å². The Morgan fingerprint density at radius 1 is 1.44 bits per heavy atom. The van der Waals surface area contributed by atoms with E-state index in [0.29, 0.717) is 5.02 Å². The van der Waals surface area contributed by atoms with Gasteiger partial charge >= 0.3 is 5.97 Å². The van der Waals surface area contributed by atoms with Gasteiger partial charge in [-0.15, -0.1) is 0 Å². The lowest BCUT2D eigenvalue weighted by Crippen LogP contribution is -2.41. The third-order valence-corrected chi connectivity index (χ3v) is 2.57. The zero-order valence-electron chi connectivity index (χ0n) is 9.93. The summed E-state index contributed by atoms with van der Waals surface area (Å²) in [7, 11) is 1.38. The molecule has 0 unspecified atom stereocenters. The van der Waals surface area contributed by atoms with E-state index in [-0.39, 0.29) is 5.97 Å². The first-order valence-electron chi connectivity index (χ1n) is 4.99. The second-order valence-corrected chi connectivity index (χ2v) is 4.64. The molecule has 1 N–H and O–H groups in total. The summed E-state index contributed by atoms with van der Waals surface area (Å²) >= 11 is 5.86. The molecule has 0 spiro atoms. The number of rotatable bonds is 3. The lowest BCUT2D eigenvalue weighted by molar-refractivity contribution is -0.144. The third-order valence-electron chi connectivity index (χ3n) is 2.33. The molecule has 1 aromatic rings. The Morgan fingerprint density at radius 3 is 2.56 bits per heavy atom. The molecule has 0 aliphatic carbocycles. The summed E-state index contributed by atoms with van der Waals surface area (Å²) in [6, 6.07) is 5.48. The monoisotopic (exact) mass is 241 g/mol. The van der Waals surface area contributed by atoms with Gasteiger partial charge in [-0.3, -0.25) is 0 Å². The number of halogens is 1. The highest BCUT2D eigenvalue weighted by atomic mass is 35.5. The van der Waals surface area contributed by atoms with Crippen molar-refractivity contribution in [3.05, 3.63) is 28.8 Å². The summed E-state index contributed by atoms with van der Waals surface area (Å²) in [5.74, 6) is -0.304. The van der Waals surface area contributed by atoms with E-state index in [0.717, 1.165) is 11.3 Å². The number of hydrogen-bond donors (Lipinski definition) is 1. The predicted octanol–water partition coefficient (Wildman–Crippen LogP) is 3.01. The normalized spacial score (nSPS) is 11.1. The van der Waals surface area contributed by atoms with Gasteiger partial charge < -0.3 is 10.1 Å². The molecule has 3 nitrogen and oxygen atoms in total. The summed E-state index contributed by atoms with van der Waals surface area (Å²) < 4.78 is 4.72. The molecule has 0 fully saturated rings. The van der Waals surface area contributed by atoms with E-state index in [1.807, 2.05) is 19.1 Å². The van der Waals surface area contributed by atoms with Crippen LogP contribution in [0.4, 0.5) is 5.69 Å². The molecule has 0 heterocycles. The van der Waals surface area contributed by atoms with Crippen molar-refractivity contribution in [1.29, 1.82) is 0 Å². The Bertz CT molecular complexity index is 402. The highest BCUT2D eigenvalue weighted by molar-refractivity contribution is 6.30. The SMILES string of the molecule is COC(=O)C(C)(C)Nc1ccc(Cl)cc1C. The van der Waals surface area contributed by atoms with Crippen LogP contribution in [0, 0.1) is 6.92 Å². The van der Waals surface area contributed by atoms with E-state index in [2.05, 4.69) is 5.32 Å². The molecule has 0 aromatic heterocycles. The first kappa shape index (κ1) is 12.8. The van der Waals surface area contributed by atoms with Gasteiger partial charge in [-0.05, 0) is 44.5 Å². The number of ether oxygens (including phenoxy) is 1. The fourth-order valence-corrected chi connectivity index (χ4v) is 1.64. The molecule has 0 saturated carbocycles. The molecule has 1 rings (SSSR count). The molecule has 0 atom stereocenters. The van der Waals surface area contributed by atoms with Crippen LogP contribution in [0.1, 0.15) is 19.4 Å². The first-order valence-corrected chi connectivity index (χ1v) is 5.37. The van der Waals surface area contributed by atoms with Crippen LogP contribution < -0.4 is 5.32 Å². The van der Waals surface area contributed by atoms with Crippen molar-refractivity contribution in [2.24, 2.45) is 0 Å². The van der Waals surface area contributed by atoms with E-state index in [1.54, 1.807) is 19.9 Å². The van der Waals surface area contributed by atoms with Gasteiger partial charge in [0, 0.05) is 10.7 Å². The Balaban J connectivity index is 2.92. The van der Waals surface area contributed by atoms with Crippen LogP contribution in [0.5, 0.6) is 0 Å². The molecule has 0 aliphatic heterocycles. The number of benzene rings is 1. The maximum Gasteiger partial charge on any atom is 0.330 e. The van der Waals surface area contributed by atoms with Crippen LogP contribution in [0.2, 0.25) is 5.02 Å². The Labute approximate surface area is 101 Å². The van der Waals surface area contributed by atoms with E-state index in [1.165, 1.54) is 7.11 Å². The topological polar surface area (TPSA) is 38.3 Å². The molecule has 0 amide bonds. The number of nitrogens with one attached hydrogen (secondary N) is 1. The first-order chi connectivity index (χ1) is 7.36. The smallest absolute Gasteiger partial charge is 0.330 e. The van der Waals surface area contributed by atoms with Crippen molar-refractivity contribution in [2.75, 3.05) is 12.4 Å². The molecule has 0 bridgehead atoms. The molecule has 0 radical (unpaired) electrons. The summed E-state index contributed by atoms with van der Waals surface area (Å²) in [6.07, 6.45) is 0. The lowest BCUT2D eigenvalue weighted by Gasteiger charge is -2.25. The van der Waals surface area contributed by atoms with Gasteiger partial charge in [-0.25, -0.2) is 4.79 Å². The van der Waals surface area contributed by atoms with Gasteiger partial charge in [0.05, 0.1) is 7.11 Å². The summed E-state index contributed by atoms with van der Waals surface area (Å²) in [4.78, 5) is 11.5. The minimum Gasteiger partial charge on any atom is -0.467 e. The zero-order chi connectivity index (χ0) is 12.3. The van der Waals surface area contributed by atoms with Gasteiger partial charge in [0.25, 0.3) is 0 Å². The summed E-state index contributed by atoms with van der Waals surface area (Å²) in [6.45, 7) is 5.47. The van der Waals surface area contributed by atoms with Crippen LogP contribution in [0.25, 0.3) is 0 Å². The van der Waals surface area contributed by atoms with Crippen LogP contribution in [-0.4, -0.2) is 18.6 Å². The average molecular weight is 242 g/mol. The molecular weight excluding hydrogens is 226 g/mol. The molecule has 4 heteroatoms. The fourth-order valence-electron chi connectivity index (χ4n) is 1.41. The molecule has 0 aliphatic rings. The van der Waals surface area contributed by atoms with Crippen molar-refractivity contribution in [2.45, 2.75) is 26.3 Å². The number of anilines is 1. The fraction of sp³-hybridized carbons (Fsp3) is 0.417. The largest absolute Gasteiger partial charge is 0.467 e. The molecule has 1 aromatic carbocycles. The third kappa shape index (κ3) is 2.89. The molecule has 16 heavy (non-hydrogen) atoms. The Morgan fingerprint density at radius 2 is 2.06 bits per heavy atom. The summed E-state index contributed by atoms with van der Waals surface area (Å²) in [5, 5.41) is 3.81. The highest BCUT2D eigenvalue weighted by Crippen LogP contribution is 2.23. The Hall–Kier alpha value is -1.22. The number of carbonyl (C=O) groups is 1. The predicted molar refractivity (Wildman–Crippen MR) is 65.9 cm³/mol. The van der Waals surface area contributed by atoms with E-state index in [4.69, 9.17) is 16.3 Å². The highest BCUT2D eigenvalue weighted by Gasteiger charge is 2.28. The molecule has 88 valence electrons. The molecular formula is C12H16ClNO2. The average Bonchev–Trinajstić information content (AvgIpc) is 2.21. The van der Waals surface area contributed by atoms with Gasteiger partial charge in [0.15, 0.2) is 0 Å². The maximum atomic E-state index is 11.5. The van der Waals surface area contributed by atoms with Crippen molar-refractivity contribution >= 4 is 23.3 Å². The summed E-state index contributed by atoms with van der Waals surface area (Å²) in [5.41, 5.74) is 1.11. The van der Waals surface area contributed by atoms with Gasteiger partial charge in [0.1, 0.15) is 5.54 Å². The van der Waals surface area contributed by atoms with Crippen molar-refractivity contribution in [1.82, 2.24) is 0 Å². The van der Waals surface area contributed by atoms with Gasteiger partial charge in [-0.1, -0.05) is 11.6 Å². The van der Waals surface area contributed by atoms with E-state index < -0.39 is 5.54 Å². The minimum absolute atomic E-state index is 0.304. The molecule has 0 saturated heterocycles. The second kappa shape index (κ2) is 4.74. The van der Waals surface area contributed by atoms with Crippen LogP contribution in [0.15, 0.2) is 18.2 Å². The number of methoxy groups -OCH3 is 1. The van der Waals surface area contributed by atoms with Crippen LogP contribution in [-0.2, 0) is 9.53 Å². The van der Waals surface area contributed by atoms with E-state index in [9.17, 15) is 4.79 Å². The lowest BCUT2D eigenvalue weighted by atomic mass is 10.0. The van der Waals surface area contributed by atoms with Gasteiger partial charge in [-0.2, -0.15) is 0 Å². The zero-order valence-corrected chi connectivity index (χ0v) is 10.7. The minimum atomic E-state index is -0.757. The number of carbonyl (C=O) groups excluding carboxylic acids is 1. The van der Waals surface area contributed by atoms with E-state index >= 15 is 0 Å². The van der Waals surface area contributed by atoms with Crippen molar-refractivity contribution in [3.8, 4) is 0 Å². The van der Waals surface area contributed by atoms with Crippen LogP contribution in [0.3, 0.4) is 0 Å². The van der Waals surface area contributed by atoms with Crippen molar-refractivity contribution < 1.29 is 9.53 Å². The Kier molecular flexibility index (Phi) is 3.81. The standard InChI is InChI=1S/C12H16ClNO2/c1-8-7-9(13)5-6-10(8)14-12(2,3)11(15)16-4/h5-7,14H,1-4H3.